The molecule has 0 aromatic heterocycles. The Balaban J connectivity index is 3.49. The summed E-state index contributed by atoms with van der Waals surface area (Å²) in [4.78, 5) is 21.0. The Bertz CT molecular complexity index is 584. The van der Waals surface area contributed by atoms with Crippen LogP contribution in [0.3, 0.4) is 0 Å². The fourth-order valence-electron chi connectivity index (χ4n) is 3.13. The number of phosphoric acid groups is 1. The molecule has 0 aliphatic heterocycles. The monoisotopic (exact) mass is 505 g/mol. The second-order valence-electron chi connectivity index (χ2n) is 8.41. The molecule has 0 rings (SSSR count). The molecule has 0 saturated carbocycles. The number of carbonyl (C=O) groups is 1. The molecule has 9 heteroatoms. The van der Waals surface area contributed by atoms with Gasteiger partial charge in [-0.05, 0) is 38.5 Å². The Morgan fingerprint density at radius 3 is 2.09 bits per heavy atom. The van der Waals surface area contributed by atoms with Crippen molar-refractivity contribution in [3.63, 3.8) is 0 Å². The van der Waals surface area contributed by atoms with Crippen LogP contribution in [0.4, 0.5) is 0 Å². The first-order valence-corrected chi connectivity index (χ1v) is 14.4. The zero-order valence-electron chi connectivity index (χ0n) is 21.1. The van der Waals surface area contributed by atoms with Crippen LogP contribution in [-0.4, -0.2) is 48.4 Å². The van der Waals surface area contributed by atoms with E-state index in [1.54, 1.807) is 0 Å². The number of unbranched alkanes of at least 4 members (excludes halogenated alkanes) is 10. The van der Waals surface area contributed by atoms with E-state index >= 15 is 0 Å². The van der Waals surface area contributed by atoms with Crippen LogP contribution in [0, 0.1) is 0 Å². The fourth-order valence-corrected chi connectivity index (χ4v) is 3.90. The number of rotatable bonds is 24. The molecule has 1 unspecified atom stereocenters. The van der Waals surface area contributed by atoms with Gasteiger partial charge in [-0.1, -0.05) is 76.2 Å². The van der Waals surface area contributed by atoms with E-state index in [-0.39, 0.29) is 19.8 Å². The summed E-state index contributed by atoms with van der Waals surface area (Å²) in [7, 11) is -4.24. The average molecular weight is 506 g/mol. The van der Waals surface area contributed by atoms with E-state index in [2.05, 4.69) is 40.3 Å². The Kier molecular flexibility index (Phi) is 23.0. The summed E-state index contributed by atoms with van der Waals surface area (Å²) in [5.41, 5.74) is 5.17. The number of hydrogen-bond acceptors (Lipinski definition) is 7. The number of nitrogens with two attached hydrogens (primary N) is 1. The minimum Gasteiger partial charge on any atom is -0.463 e. The van der Waals surface area contributed by atoms with E-state index in [9.17, 15) is 19.4 Å². The summed E-state index contributed by atoms with van der Waals surface area (Å²) in [5, 5.41) is 9.69. The molecule has 0 spiro atoms. The molecule has 34 heavy (non-hydrogen) atoms. The highest BCUT2D eigenvalue weighted by atomic mass is 31.2. The summed E-state index contributed by atoms with van der Waals surface area (Å²) in [6.45, 7) is 1.40. The molecular formula is C25H48NO7P. The van der Waals surface area contributed by atoms with Crippen molar-refractivity contribution >= 4 is 13.8 Å². The maximum absolute atomic E-state index is 11.7. The van der Waals surface area contributed by atoms with Crippen molar-refractivity contribution in [1.29, 1.82) is 0 Å². The van der Waals surface area contributed by atoms with Crippen LogP contribution < -0.4 is 5.73 Å². The Labute approximate surface area is 206 Å². The van der Waals surface area contributed by atoms with Gasteiger partial charge in [0.1, 0.15) is 12.7 Å². The maximum atomic E-state index is 11.7. The third-order valence-corrected chi connectivity index (χ3v) is 6.05. The standard InChI is InChI=1S/C25H48NO7P/c1-2-3-4-5-6-7-8-9-10-11-12-13-14-15-16-17-18-19-25(28)31-22-24(27)23-33-34(29,30)32-21-20-26/h6-7,9-10,24,27H,2-5,8,11-23,26H2,1H3,(H,29,30)/b7-6-,10-9-/t24-/m1/s1. The van der Waals surface area contributed by atoms with Crippen LogP contribution in [0.2, 0.25) is 0 Å². The smallest absolute Gasteiger partial charge is 0.463 e. The molecule has 0 aliphatic carbocycles. The predicted octanol–water partition coefficient (Wildman–Crippen LogP) is 5.58. The van der Waals surface area contributed by atoms with Crippen LogP contribution in [0.15, 0.2) is 24.3 Å². The predicted molar refractivity (Wildman–Crippen MR) is 136 cm³/mol. The van der Waals surface area contributed by atoms with Gasteiger partial charge < -0.3 is 20.5 Å². The summed E-state index contributed by atoms with van der Waals surface area (Å²) < 4.78 is 25.5. The first-order valence-electron chi connectivity index (χ1n) is 12.9. The van der Waals surface area contributed by atoms with E-state index in [4.69, 9.17) is 10.5 Å². The second kappa shape index (κ2) is 23.7. The molecule has 4 N–H and O–H groups in total. The van der Waals surface area contributed by atoms with Crippen LogP contribution in [0.25, 0.3) is 0 Å². The molecule has 0 heterocycles. The van der Waals surface area contributed by atoms with Gasteiger partial charge in [-0.25, -0.2) is 4.57 Å². The van der Waals surface area contributed by atoms with Crippen molar-refractivity contribution in [2.75, 3.05) is 26.4 Å². The van der Waals surface area contributed by atoms with Gasteiger partial charge in [0.25, 0.3) is 0 Å². The Morgan fingerprint density at radius 2 is 1.47 bits per heavy atom. The number of aliphatic hydroxyl groups excluding tert-OH is 1. The second-order valence-corrected chi connectivity index (χ2v) is 9.86. The van der Waals surface area contributed by atoms with E-state index < -0.39 is 26.5 Å². The highest BCUT2D eigenvalue weighted by molar-refractivity contribution is 7.47. The zero-order chi connectivity index (χ0) is 25.3. The van der Waals surface area contributed by atoms with Crippen molar-refractivity contribution in [1.82, 2.24) is 0 Å². The third kappa shape index (κ3) is 24.1. The van der Waals surface area contributed by atoms with E-state index in [1.165, 1.54) is 51.4 Å². The molecule has 200 valence electrons. The molecule has 0 aliphatic rings. The van der Waals surface area contributed by atoms with Gasteiger partial charge in [0.2, 0.25) is 0 Å². The molecule has 2 atom stereocenters. The van der Waals surface area contributed by atoms with Gasteiger partial charge in [-0.2, -0.15) is 0 Å². The van der Waals surface area contributed by atoms with E-state index in [0.717, 1.165) is 32.1 Å². The largest absolute Gasteiger partial charge is 0.472 e. The van der Waals surface area contributed by atoms with Crippen molar-refractivity contribution in [3.05, 3.63) is 24.3 Å². The van der Waals surface area contributed by atoms with Crippen molar-refractivity contribution in [3.8, 4) is 0 Å². The van der Waals surface area contributed by atoms with Gasteiger partial charge in [0.05, 0.1) is 13.2 Å². The molecule has 0 aromatic carbocycles. The lowest BCUT2D eigenvalue weighted by molar-refractivity contribution is -0.147. The fraction of sp³-hybridized carbons (Fsp3) is 0.800. The lowest BCUT2D eigenvalue weighted by Crippen LogP contribution is -2.23. The lowest BCUT2D eigenvalue weighted by atomic mass is 10.1. The van der Waals surface area contributed by atoms with Crippen molar-refractivity contribution in [2.45, 2.75) is 103 Å². The molecule has 8 nitrogen and oxygen atoms in total. The minimum atomic E-state index is -4.24. The van der Waals surface area contributed by atoms with Crippen LogP contribution in [-0.2, 0) is 23.1 Å². The summed E-state index contributed by atoms with van der Waals surface area (Å²) >= 11 is 0. The van der Waals surface area contributed by atoms with Crippen LogP contribution >= 0.6 is 7.82 Å². The molecule has 0 radical (unpaired) electrons. The van der Waals surface area contributed by atoms with E-state index in [0.29, 0.717) is 6.42 Å². The van der Waals surface area contributed by atoms with Crippen molar-refractivity contribution < 1.29 is 33.1 Å². The topological polar surface area (TPSA) is 128 Å². The quantitative estimate of drug-likeness (QED) is 0.0671. The van der Waals surface area contributed by atoms with Gasteiger partial charge >= 0.3 is 13.8 Å². The SMILES string of the molecule is CCCCC/C=C\C/C=C\CCCCCCCCCC(=O)OC[C@@H](O)COP(=O)(O)OCCN. The Morgan fingerprint density at radius 1 is 0.882 bits per heavy atom. The maximum Gasteiger partial charge on any atom is 0.472 e. The lowest BCUT2D eigenvalue weighted by Gasteiger charge is -2.15. The summed E-state index contributed by atoms with van der Waals surface area (Å²) in [6, 6.07) is 0. The third-order valence-electron chi connectivity index (χ3n) is 5.07. The highest BCUT2D eigenvalue weighted by Crippen LogP contribution is 2.42. The number of phosphoric ester groups is 1. The number of carbonyl (C=O) groups excluding carboxylic acids is 1. The minimum absolute atomic E-state index is 0.0727. The van der Waals surface area contributed by atoms with Gasteiger partial charge in [-0.15, -0.1) is 0 Å². The normalized spacial score (nSPS) is 14.6. The summed E-state index contributed by atoms with van der Waals surface area (Å²) in [5.74, 6) is -0.395. The number of hydrogen-bond donors (Lipinski definition) is 3. The van der Waals surface area contributed by atoms with Gasteiger partial charge in [0.15, 0.2) is 0 Å². The summed E-state index contributed by atoms with van der Waals surface area (Å²) in [6.07, 6.45) is 23.1. The molecule has 0 amide bonds. The Hall–Kier alpha value is -1.02. The molecule has 0 saturated heterocycles. The molecular weight excluding hydrogens is 457 g/mol. The molecule has 0 fully saturated rings. The number of esters is 1. The first kappa shape index (κ1) is 33.0. The van der Waals surface area contributed by atoms with E-state index in [1.807, 2.05) is 0 Å². The van der Waals surface area contributed by atoms with Gasteiger partial charge in [-0.3, -0.25) is 13.8 Å². The molecule has 0 aromatic rings. The highest BCUT2D eigenvalue weighted by Gasteiger charge is 2.22. The van der Waals surface area contributed by atoms with Crippen molar-refractivity contribution in [2.24, 2.45) is 5.73 Å². The van der Waals surface area contributed by atoms with Gasteiger partial charge in [0, 0.05) is 13.0 Å². The number of ether oxygens (including phenoxy) is 1. The average Bonchev–Trinajstić information content (AvgIpc) is 2.82. The number of aliphatic hydroxyl groups is 1. The molecule has 0 bridgehead atoms. The zero-order valence-corrected chi connectivity index (χ0v) is 22.0. The first-order chi connectivity index (χ1) is 16.4. The number of allylic oxidation sites excluding steroid dienone is 4. The van der Waals surface area contributed by atoms with Crippen LogP contribution in [0.1, 0.15) is 96.8 Å². The van der Waals surface area contributed by atoms with Crippen LogP contribution in [0.5, 0.6) is 0 Å².